The number of amides is 1. The molecule has 7 nitrogen and oxygen atoms in total. The minimum Gasteiger partial charge on any atom is -0.483 e. The summed E-state index contributed by atoms with van der Waals surface area (Å²) in [6.07, 6.45) is 4.69. The van der Waals surface area contributed by atoms with Crippen molar-refractivity contribution in [2.75, 3.05) is 19.8 Å². The van der Waals surface area contributed by atoms with Gasteiger partial charge in [0.1, 0.15) is 5.75 Å². The lowest BCUT2D eigenvalue weighted by Gasteiger charge is -2.32. The molecule has 0 aromatic heterocycles. The zero-order valence-electron chi connectivity index (χ0n) is 18.7. The van der Waals surface area contributed by atoms with Crippen molar-refractivity contribution in [2.45, 2.75) is 82.2 Å². The average Bonchev–Trinajstić information content (AvgIpc) is 3.12. The highest BCUT2D eigenvalue weighted by Crippen LogP contribution is 2.40. The van der Waals surface area contributed by atoms with Crippen molar-refractivity contribution in [3.8, 4) is 5.75 Å². The van der Waals surface area contributed by atoms with Gasteiger partial charge in [-0.25, -0.2) is 13.1 Å². The largest absolute Gasteiger partial charge is 0.483 e. The lowest BCUT2D eigenvalue weighted by atomic mass is 9.80. The van der Waals surface area contributed by atoms with Gasteiger partial charge in [-0.2, -0.15) is 0 Å². The second kappa shape index (κ2) is 9.08. The molecule has 1 saturated heterocycles. The van der Waals surface area contributed by atoms with Crippen molar-refractivity contribution in [3.63, 3.8) is 0 Å². The zero-order chi connectivity index (χ0) is 22.2. The molecule has 1 aromatic carbocycles. The van der Waals surface area contributed by atoms with E-state index in [0.717, 1.165) is 31.4 Å². The van der Waals surface area contributed by atoms with Crippen LogP contribution in [0.15, 0.2) is 18.2 Å². The number of ether oxygens (including phenoxy) is 2. The molecule has 0 unspecified atom stereocenters. The molecular formula is C23H34N2O5S. The van der Waals surface area contributed by atoms with Crippen LogP contribution in [0.3, 0.4) is 0 Å². The summed E-state index contributed by atoms with van der Waals surface area (Å²) in [6.45, 7) is 6.22. The summed E-state index contributed by atoms with van der Waals surface area (Å²) in [5, 5.41) is -0.522. The molecule has 1 aliphatic carbocycles. The molecule has 1 aromatic rings. The van der Waals surface area contributed by atoms with Gasteiger partial charge < -0.3 is 14.4 Å². The van der Waals surface area contributed by atoms with Gasteiger partial charge in [-0.05, 0) is 70.4 Å². The first kappa shape index (κ1) is 22.6. The number of carbonyl (C=O) groups is 1. The third kappa shape index (κ3) is 4.76. The summed E-state index contributed by atoms with van der Waals surface area (Å²) in [5.74, 6) is 1.08. The van der Waals surface area contributed by atoms with E-state index in [4.69, 9.17) is 9.47 Å². The van der Waals surface area contributed by atoms with Gasteiger partial charge >= 0.3 is 0 Å². The predicted molar refractivity (Wildman–Crippen MR) is 119 cm³/mol. The van der Waals surface area contributed by atoms with Gasteiger partial charge in [0.2, 0.25) is 10.0 Å². The summed E-state index contributed by atoms with van der Waals surface area (Å²) in [5.41, 5.74) is 2.42. The number of hydrogen-bond acceptors (Lipinski definition) is 5. The van der Waals surface area contributed by atoms with E-state index in [1.807, 2.05) is 12.1 Å². The van der Waals surface area contributed by atoms with Gasteiger partial charge in [-0.15, -0.1) is 0 Å². The van der Waals surface area contributed by atoms with Gasteiger partial charge in [0.25, 0.3) is 5.91 Å². The van der Waals surface area contributed by atoms with E-state index in [-0.39, 0.29) is 30.7 Å². The number of sulfonamides is 1. The monoisotopic (exact) mass is 450 g/mol. The number of hydrogen-bond donors (Lipinski definition) is 1. The fourth-order valence-electron chi connectivity index (χ4n) is 5.13. The number of carbonyl (C=O) groups excluding carboxylic acids is 1. The van der Waals surface area contributed by atoms with Gasteiger partial charge in [0.05, 0.1) is 24.0 Å². The molecule has 1 N–H and O–H groups in total. The average molecular weight is 451 g/mol. The molecule has 0 spiro atoms. The van der Waals surface area contributed by atoms with Crippen LogP contribution in [-0.4, -0.2) is 62.4 Å². The topological polar surface area (TPSA) is 84.9 Å². The summed E-state index contributed by atoms with van der Waals surface area (Å²) in [7, 11) is -3.44. The fourth-order valence-corrected chi connectivity index (χ4v) is 6.10. The smallest absolute Gasteiger partial charge is 0.260 e. The lowest BCUT2D eigenvalue weighted by molar-refractivity contribution is -0.136. The molecule has 8 heteroatoms. The van der Waals surface area contributed by atoms with E-state index < -0.39 is 15.3 Å². The fraction of sp³-hybridized carbons (Fsp3) is 0.696. The standard InChI is InChI=1S/C23H34N2O5S/c1-15(2)31(27,28)24-19-11-12-25-20(19)13-29-18-9-7-17(8-10-18)23-16(3)5-4-6-21(23)30-14-22(25)26/h4-6,15,17-20,24H,7-14H2,1-3H3/t17?,18?,19-,20-/m0/s1. The van der Waals surface area contributed by atoms with Crippen molar-refractivity contribution in [1.29, 1.82) is 0 Å². The van der Waals surface area contributed by atoms with Crippen LogP contribution < -0.4 is 9.46 Å². The van der Waals surface area contributed by atoms with Crippen LogP contribution in [0, 0.1) is 6.92 Å². The van der Waals surface area contributed by atoms with E-state index in [2.05, 4.69) is 17.7 Å². The molecule has 1 saturated carbocycles. The molecule has 5 rings (SSSR count). The molecule has 2 fully saturated rings. The van der Waals surface area contributed by atoms with Crippen LogP contribution >= 0.6 is 0 Å². The Morgan fingerprint density at radius 3 is 2.58 bits per heavy atom. The predicted octanol–water partition coefficient (Wildman–Crippen LogP) is 2.73. The molecule has 31 heavy (non-hydrogen) atoms. The SMILES string of the molecule is Cc1cccc2c1C1CCC(CC1)OC[C@H]1[C@@H](NS(=O)(=O)C(C)C)CCN1C(=O)CO2. The molecule has 1 amide bonds. The minimum atomic E-state index is -3.44. The maximum Gasteiger partial charge on any atom is 0.260 e. The van der Waals surface area contributed by atoms with E-state index in [9.17, 15) is 13.2 Å². The number of rotatable bonds is 3. The number of aryl methyl sites for hydroxylation is 1. The number of fused-ring (bicyclic) bond motifs is 5. The molecule has 2 bridgehead atoms. The summed E-state index contributed by atoms with van der Waals surface area (Å²) in [4.78, 5) is 14.8. The Hall–Kier alpha value is -1.64. The van der Waals surface area contributed by atoms with Crippen molar-refractivity contribution in [2.24, 2.45) is 0 Å². The Morgan fingerprint density at radius 1 is 1.13 bits per heavy atom. The number of nitrogens with one attached hydrogen (secondary N) is 1. The van der Waals surface area contributed by atoms with E-state index in [0.29, 0.717) is 25.5 Å². The first-order valence-electron chi connectivity index (χ1n) is 11.4. The third-order valence-electron chi connectivity index (χ3n) is 7.02. The lowest BCUT2D eigenvalue weighted by Crippen LogP contribution is -2.51. The van der Waals surface area contributed by atoms with Crippen LogP contribution in [0.5, 0.6) is 5.75 Å². The van der Waals surface area contributed by atoms with E-state index in [1.54, 1.807) is 18.7 Å². The highest BCUT2D eigenvalue weighted by molar-refractivity contribution is 7.90. The maximum atomic E-state index is 13.1. The van der Waals surface area contributed by atoms with Crippen molar-refractivity contribution in [3.05, 3.63) is 29.3 Å². The molecule has 3 heterocycles. The van der Waals surface area contributed by atoms with Gasteiger partial charge in [-0.3, -0.25) is 4.79 Å². The van der Waals surface area contributed by atoms with Crippen LogP contribution in [-0.2, 0) is 19.6 Å². The molecule has 172 valence electrons. The Balaban J connectivity index is 1.60. The zero-order valence-corrected chi connectivity index (χ0v) is 19.5. The Labute approximate surface area is 185 Å². The van der Waals surface area contributed by atoms with Gasteiger partial charge in [0, 0.05) is 18.2 Å². The summed E-state index contributed by atoms with van der Waals surface area (Å²) in [6, 6.07) is 5.37. The van der Waals surface area contributed by atoms with Crippen LogP contribution in [0.1, 0.15) is 63.0 Å². The Morgan fingerprint density at radius 2 is 1.87 bits per heavy atom. The molecule has 3 aliphatic heterocycles. The second-order valence-electron chi connectivity index (χ2n) is 9.34. The maximum absolute atomic E-state index is 13.1. The van der Waals surface area contributed by atoms with E-state index in [1.165, 1.54) is 11.1 Å². The second-order valence-corrected chi connectivity index (χ2v) is 11.6. The van der Waals surface area contributed by atoms with E-state index >= 15 is 0 Å². The Bertz CT molecular complexity index is 909. The van der Waals surface area contributed by atoms with Crippen molar-refractivity contribution < 1.29 is 22.7 Å². The van der Waals surface area contributed by atoms with Crippen molar-refractivity contribution in [1.82, 2.24) is 9.62 Å². The van der Waals surface area contributed by atoms with Gasteiger partial charge in [-0.1, -0.05) is 12.1 Å². The summed E-state index contributed by atoms with van der Waals surface area (Å²) < 4.78 is 40.1. The number of benzene rings is 1. The summed E-state index contributed by atoms with van der Waals surface area (Å²) >= 11 is 0. The molecular weight excluding hydrogens is 416 g/mol. The minimum absolute atomic E-state index is 0.0489. The van der Waals surface area contributed by atoms with Crippen LogP contribution in [0.4, 0.5) is 0 Å². The number of nitrogens with zero attached hydrogens (tertiary/aromatic N) is 1. The first-order chi connectivity index (χ1) is 14.8. The third-order valence-corrected chi connectivity index (χ3v) is 8.90. The molecule has 4 aliphatic rings. The quantitative estimate of drug-likeness (QED) is 0.765. The van der Waals surface area contributed by atoms with Crippen molar-refractivity contribution >= 4 is 15.9 Å². The molecule has 2 atom stereocenters. The highest BCUT2D eigenvalue weighted by atomic mass is 32.2. The Kier molecular flexibility index (Phi) is 6.60. The first-order valence-corrected chi connectivity index (χ1v) is 13.0. The molecule has 0 radical (unpaired) electrons. The highest BCUT2D eigenvalue weighted by Gasteiger charge is 2.40. The van der Waals surface area contributed by atoms with Crippen LogP contribution in [0.2, 0.25) is 0 Å². The van der Waals surface area contributed by atoms with Crippen LogP contribution in [0.25, 0.3) is 0 Å². The normalized spacial score (nSPS) is 29.5. The van der Waals surface area contributed by atoms with Gasteiger partial charge in [0.15, 0.2) is 6.61 Å².